The number of carbonyl (C=O) groups excluding carboxylic acids is 1. The fourth-order valence-electron chi connectivity index (χ4n) is 5.10. The van der Waals surface area contributed by atoms with Gasteiger partial charge < -0.3 is 19.6 Å². The van der Waals surface area contributed by atoms with Crippen LogP contribution in [0.15, 0.2) is 60.7 Å². The number of carbonyl (C=O) groups is 2. The lowest BCUT2D eigenvalue weighted by Crippen LogP contribution is -2.49. The molecule has 4 rings (SSSR count). The number of hydrogen-bond acceptors (Lipinski definition) is 5. The molecule has 2 aromatic carbocycles. The molecular formula is C27H35N3O4. The number of nitrogens with zero attached hydrogens (tertiary/aromatic N) is 3. The summed E-state index contributed by atoms with van der Waals surface area (Å²) in [7, 11) is 0. The zero-order valence-electron chi connectivity index (χ0n) is 19.7. The van der Waals surface area contributed by atoms with E-state index in [9.17, 15) is 14.7 Å². The van der Waals surface area contributed by atoms with Gasteiger partial charge in [0.2, 0.25) is 0 Å². The van der Waals surface area contributed by atoms with Crippen LogP contribution in [0.2, 0.25) is 0 Å². The van der Waals surface area contributed by atoms with E-state index in [1.54, 1.807) is 0 Å². The number of aliphatic carboxylic acids is 1. The first-order chi connectivity index (χ1) is 16.6. The highest BCUT2D eigenvalue weighted by Crippen LogP contribution is 2.30. The van der Waals surface area contributed by atoms with E-state index in [0.717, 1.165) is 45.6 Å². The topological polar surface area (TPSA) is 73.3 Å². The highest BCUT2D eigenvalue weighted by molar-refractivity contribution is 5.78. The summed E-state index contributed by atoms with van der Waals surface area (Å²) < 4.78 is 5.65. The minimum absolute atomic E-state index is 0.0157. The van der Waals surface area contributed by atoms with Crippen LogP contribution in [0.25, 0.3) is 0 Å². The van der Waals surface area contributed by atoms with Gasteiger partial charge >= 0.3 is 5.97 Å². The Morgan fingerprint density at radius 2 is 1.56 bits per heavy atom. The zero-order chi connectivity index (χ0) is 23.8. The fraction of sp³-hybridized carbons (Fsp3) is 0.481. The number of anilines is 1. The molecule has 7 heteroatoms. The molecule has 0 spiro atoms. The molecule has 1 N–H and O–H groups in total. The standard InChI is InChI=1S/C27H35N3O4/c31-26(21-34-25-9-5-2-6-10-25)30-14-12-22(19-27(32)33)23(20-30)11-13-28-15-17-29(18-16-28)24-7-3-1-4-8-24/h1-10,22-23H,11-21H2,(H,32,33). The van der Waals surface area contributed by atoms with E-state index in [0.29, 0.717) is 18.8 Å². The van der Waals surface area contributed by atoms with Crippen molar-refractivity contribution in [1.29, 1.82) is 0 Å². The number of likely N-dealkylation sites (tertiary alicyclic amines) is 1. The van der Waals surface area contributed by atoms with Crippen LogP contribution in [0.3, 0.4) is 0 Å². The van der Waals surface area contributed by atoms with Crippen molar-refractivity contribution in [3.8, 4) is 5.75 Å². The van der Waals surface area contributed by atoms with Crippen molar-refractivity contribution in [2.75, 3.05) is 57.3 Å². The number of hydrogen-bond donors (Lipinski definition) is 1. The van der Waals surface area contributed by atoms with Crippen molar-refractivity contribution in [3.63, 3.8) is 0 Å². The second-order valence-electron chi connectivity index (χ2n) is 9.30. The average Bonchev–Trinajstić information content (AvgIpc) is 2.88. The summed E-state index contributed by atoms with van der Waals surface area (Å²) in [6, 6.07) is 19.9. The molecule has 0 aromatic heterocycles. The molecule has 182 valence electrons. The molecule has 2 unspecified atom stereocenters. The van der Waals surface area contributed by atoms with Crippen LogP contribution in [0.5, 0.6) is 5.75 Å². The van der Waals surface area contributed by atoms with E-state index in [1.165, 1.54) is 5.69 Å². The minimum atomic E-state index is -0.751. The highest BCUT2D eigenvalue weighted by Gasteiger charge is 2.33. The lowest BCUT2D eigenvalue weighted by molar-refractivity contribution is -0.140. The monoisotopic (exact) mass is 465 g/mol. The molecule has 1 amide bonds. The Balaban J connectivity index is 1.27. The van der Waals surface area contributed by atoms with Crippen molar-refractivity contribution in [2.45, 2.75) is 19.3 Å². The van der Waals surface area contributed by atoms with Crippen molar-refractivity contribution >= 4 is 17.6 Å². The number of piperidine rings is 1. The second-order valence-corrected chi connectivity index (χ2v) is 9.30. The van der Waals surface area contributed by atoms with Crippen LogP contribution in [-0.2, 0) is 9.59 Å². The molecule has 2 aromatic rings. The molecule has 0 bridgehead atoms. The summed E-state index contributed by atoms with van der Waals surface area (Å²) >= 11 is 0. The number of carboxylic acid groups (broad SMARTS) is 1. The Labute approximate surface area is 201 Å². The van der Waals surface area contributed by atoms with Crippen LogP contribution in [0, 0.1) is 11.8 Å². The summed E-state index contributed by atoms with van der Waals surface area (Å²) in [6.07, 6.45) is 1.82. The first-order valence-electron chi connectivity index (χ1n) is 12.3. The minimum Gasteiger partial charge on any atom is -0.484 e. The van der Waals surface area contributed by atoms with Crippen LogP contribution in [0.1, 0.15) is 19.3 Å². The van der Waals surface area contributed by atoms with Gasteiger partial charge in [-0.1, -0.05) is 36.4 Å². The van der Waals surface area contributed by atoms with Gasteiger partial charge in [-0.15, -0.1) is 0 Å². The molecule has 2 heterocycles. The maximum absolute atomic E-state index is 12.8. The first-order valence-corrected chi connectivity index (χ1v) is 12.3. The van der Waals surface area contributed by atoms with Gasteiger partial charge in [0.25, 0.3) is 5.91 Å². The van der Waals surface area contributed by atoms with Crippen LogP contribution < -0.4 is 9.64 Å². The lowest BCUT2D eigenvalue weighted by atomic mass is 9.81. The largest absolute Gasteiger partial charge is 0.484 e. The van der Waals surface area contributed by atoms with E-state index in [1.807, 2.05) is 41.3 Å². The maximum atomic E-state index is 12.8. The van der Waals surface area contributed by atoms with Crippen molar-refractivity contribution in [1.82, 2.24) is 9.80 Å². The molecule has 7 nitrogen and oxygen atoms in total. The Morgan fingerprint density at radius 3 is 2.24 bits per heavy atom. The number of ether oxygens (including phenoxy) is 1. The zero-order valence-corrected chi connectivity index (χ0v) is 19.7. The molecular weight excluding hydrogens is 430 g/mol. The van der Waals surface area contributed by atoms with Gasteiger partial charge in [0.1, 0.15) is 5.75 Å². The predicted molar refractivity (Wildman–Crippen MR) is 132 cm³/mol. The Hall–Kier alpha value is -3.06. The fourth-order valence-corrected chi connectivity index (χ4v) is 5.10. The second kappa shape index (κ2) is 11.9. The summed E-state index contributed by atoms with van der Waals surface area (Å²) in [5.74, 6) is 0.209. The summed E-state index contributed by atoms with van der Waals surface area (Å²) in [4.78, 5) is 31.0. The highest BCUT2D eigenvalue weighted by atomic mass is 16.5. The Kier molecular flexibility index (Phi) is 8.41. The number of rotatable bonds is 9. The van der Waals surface area contributed by atoms with Crippen LogP contribution in [0.4, 0.5) is 5.69 Å². The maximum Gasteiger partial charge on any atom is 0.303 e. The van der Waals surface area contributed by atoms with Gasteiger partial charge in [0.15, 0.2) is 6.61 Å². The summed E-state index contributed by atoms with van der Waals surface area (Å²) in [5.41, 5.74) is 1.27. The lowest BCUT2D eigenvalue weighted by Gasteiger charge is -2.40. The molecule has 0 saturated carbocycles. The molecule has 2 atom stereocenters. The van der Waals surface area contributed by atoms with E-state index >= 15 is 0 Å². The number of piperazine rings is 1. The van der Waals surface area contributed by atoms with Crippen molar-refractivity contribution < 1.29 is 19.4 Å². The van der Waals surface area contributed by atoms with E-state index in [2.05, 4.69) is 34.1 Å². The van der Waals surface area contributed by atoms with E-state index in [4.69, 9.17) is 4.74 Å². The smallest absolute Gasteiger partial charge is 0.303 e. The molecule has 34 heavy (non-hydrogen) atoms. The Bertz CT molecular complexity index is 916. The van der Waals surface area contributed by atoms with E-state index < -0.39 is 5.97 Å². The van der Waals surface area contributed by atoms with Gasteiger partial charge in [0, 0.05) is 51.4 Å². The third-order valence-corrected chi connectivity index (χ3v) is 7.10. The van der Waals surface area contributed by atoms with Crippen molar-refractivity contribution in [3.05, 3.63) is 60.7 Å². The van der Waals surface area contributed by atoms with Gasteiger partial charge in [-0.25, -0.2) is 0 Å². The number of amides is 1. The average molecular weight is 466 g/mol. The number of para-hydroxylation sites is 2. The molecule has 2 aliphatic rings. The van der Waals surface area contributed by atoms with Gasteiger partial charge in [0.05, 0.1) is 0 Å². The normalized spacial score (nSPS) is 21.3. The first kappa shape index (κ1) is 24.1. The molecule has 0 radical (unpaired) electrons. The van der Waals surface area contributed by atoms with E-state index in [-0.39, 0.29) is 30.8 Å². The third-order valence-electron chi connectivity index (χ3n) is 7.10. The van der Waals surface area contributed by atoms with Gasteiger partial charge in [-0.3, -0.25) is 14.5 Å². The molecule has 0 aliphatic carbocycles. The van der Waals surface area contributed by atoms with Gasteiger partial charge in [-0.05, 0) is 55.5 Å². The number of carboxylic acids is 1. The van der Waals surface area contributed by atoms with Crippen LogP contribution >= 0.6 is 0 Å². The van der Waals surface area contributed by atoms with Crippen molar-refractivity contribution in [2.24, 2.45) is 11.8 Å². The quantitative estimate of drug-likeness (QED) is 0.613. The number of benzene rings is 2. The SMILES string of the molecule is O=C(O)CC1CCN(C(=O)COc2ccccc2)CC1CCN1CCN(c2ccccc2)CC1. The summed E-state index contributed by atoms with van der Waals surface area (Å²) in [5, 5.41) is 9.41. The van der Waals surface area contributed by atoms with Gasteiger partial charge in [-0.2, -0.15) is 0 Å². The van der Waals surface area contributed by atoms with Crippen LogP contribution in [-0.4, -0.2) is 79.2 Å². The molecule has 2 saturated heterocycles. The third kappa shape index (κ3) is 6.73. The molecule has 2 aliphatic heterocycles. The Morgan fingerprint density at radius 1 is 0.882 bits per heavy atom. The predicted octanol–water partition coefficient (Wildman–Crippen LogP) is 3.22. The summed E-state index contributed by atoms with van der Waals surface area (Å²) in [6.45, 7) is 6.15. The molecule has 2 fully saturated rings.